The van der Waals surface area contributed by atoms with E-state index in [0.717, 1.165) is 27.0 Å². The normalized spacial score (nSPS) is 11.9. The first-order valence-electron chi connectivity index (χ1n) is 7.74. The minimum atomic E-state index is -0.101. The van der Waals surface area contributed by atoms with Gasteiger partial charge in [0.15, 0.2) is 5.37 Å². The first-order chi connectivity index (χ1) is 11.6. The Balaban J connectivity index is 1.89. The van der Waals surface area contributed by atoms with Gasteiger partial charge in [0.2, 0.25) is 0 Å². The summed E-state index contributed by atoms with van der Waals surface area (Å²) in [6.45, 7) is 4.06. The van der Waals surface area contributed by atoms with E-state index in [1.807, 2.05) is 60.1 Å². The van der Waals surface area contributed by atoms with E-state index in [0.29, 0.717) is 0 Å². The second-order valence-electron chi connectivity index (χ2n) is 5.51. The predicted octanol–water partition coefficient (Wildman–Crippen LogP) is 5.23. The Morgan fingerprint density at radius 2 is 1.67 bits per heavy atom. The highest BCUT2D eigenvalue weighted by atomic mass is 32.2. The Kier molecular flexibility index (Phi) is 5.33. The summed E-state index contributed by atoms with van der Waals surface area (Å²) in [5.41, 5.74) is 3.08. The minimum absolute atomic E-state index is 0.101. The fourth-order valence-electron chi connectivity index (χ4n) is 2.45. The van der Waals surface area contributed by atoms with Gasteiger partial charge in [-0.25, -0.2) is 4.68 Å². The molecule has 3 nitrogen and oxygen atoms in total. The molecule has 3 rings (SSSR count). The third-order valence-corrected chi connectivity index (χ3v) is 5.20. The van der Waals surface area contributed by atoms with Crippen molar-refractivity contribution in [2.24, 2.45) is 0 Å². The first kappa shape index (κ1) is 16.7. The van der Waals surface area contributed by atoms with Crippen molar-refractivity contribution >= 4 is 34.7 Å². The van der Waals surface area contributed by atoms with Crippen molar-refractivity contribution in [2.45, 2.75) is 24.1 Å². The SMILES string of the molecule is Cc1cc(C)n(C(Sc2ccccc2)C(=S)Nc2ccccc2)n1. The molecule has 0 saturated heterocycles. The lowest BCUT2D eigenvalue weighted by atomic mass is 10.3. The van der Waals surface area contributed by atoms with Gasteiger partial charge in [0, 0.05) is 16.3 Å². The van der Waals surface area contributed by atoms with E-state index in [4.69, 9.17) is 12.2 Å². The average molecular weight is 354 g/mol. The number of nitrogens with one attached hydrogen (secondary N) is 1. The van der Waals surface area contributed by atoms with E-state index in [-0.39, 0.29) is 5.37 Å². The molecule has 0 radical (unpaired) electrons. The van der Waals surface area contributed by atoms with Crippen molar-refractivity contribution in [3.05, 3.63) is 78.1 Å². The minimum Gasteiger partial charge on any atom is -0.347 e. The van der Waals surface area contributed by atoms with Crippen LogP contribution in [0.25, 0.3) is 0 Å². The highest BCUT2D eigenvalue weighted by molar-refractivity contribution is 8.01. The molecule has 0 saturated carbocycles. The lowest BCUT2D eigenvalue weighted by Gasteiger charge is -2.21. The zero-order valence-corrected chi connectivity index (χ0v) is 15.3. The largest absolute Gasteiger partial charge is 0.347 e. The molecule has 0 fully saturated rings. The van der Waals surface area contributed by atoms with Gasteiger partial charge in [0.25, 0.3) is 0 Å². The maximum Gasteiger partial charge on any atom is 0.152 e. The monoisotopic (exact) mass is 353 g/mol. The molecule has 1 heterocycles. The van der Waals surface area contributed by atoms with Gasteiger partial charge < -0.3 is 5.32 Å². The fourth-order valence-corrected chi connectivity index (χ4v) is 3.86. The maximum absolute atomic E-state index is 5.71. The predicted molar refractivity (Wildman–Crippen MR) is 106 cm³/mol. The van der Waals surface area contributed by atoms with E-state index < -0.39 is 0 Å². The Morgan fingerprint density at radius 1 is 1.04 bits per heavy atom. The first-order valence-corrected chi connectivity index (χ1v) is 9.02. The molecule has 2 aromatic carbocycles. The molecule has 0 amide bonds. The second-order valence-corrected chi connectivity index (χ2v) is 7.10. The number of thioether (sulfide) groups is 1. The van der Waals surface area contributed by atoms with Gasteiger partial charge in [-0.15, -0.1) is 0 Å². The van der Waals surface area contributed by atoms with Gasteiger partial charge in [-0.2, -0.15) is 5.10 Å². The van der Waals surface area contributed by atoms with Crippen molar-refractivity contribution in [3.8, 4) is 0 Å². The van der Waals surface area contributed by atoms with Crippen molar-refractivity contribution in [1.82, 2.24) is 9.78 Å². The molecule has 24 heavy (non-hydrogen) atoms. The van der Waals surface area contributed by atoms with E-state index >= 15 is 0 Å². The smallest absolute Gasteiger partial charge is 0.152 e. The number of hydrogen-bond donors (Lipinski definition) is 1. The molecule has 0 aliphatic carbocycles. The van der Waals surface area contributed by atoms with Gasteiger partial charge in [0.1, 0.15) is 4.99 Å². The van der Waals surface area contributed by atoms with Gasteiger partial charge >= 0.3 is 0 Å². The van der Waals surface area contributed by atoms with Gasteiger partial charge in [-0.3, -0.25) is 0 Å². The van der Waals surface area contributed by atoms with E-state index in [1.165, 1.54) is 0 Å². The summed E-state index contributed by atoms with van der Waals surface area (Å²) >= 11 is 7.41. The van der Waals surface area contributed by atoms with Crippen molar-refractivity contribution in [3.63, 3.8) is 0 Å². The van der Waals surface area contributed by atoms with Crippen LogP contribution < -0.4 is 5.32 Å². The third-order valence-electron chi connectivity index (χ3n) is 3.52. The number of hydrogen-bond acceptors (Lipinski definition) is 3. The molecule has 0 spiro atoms. The molecule has 1 aromatic heterocycles. The number of rotatable bonds is 5. The quantitative estimate of drug-likeness (QED) is 0.502. The Morgan fingerprint density at radius 3 is 2.25 bits per heavy atom. The molecule has 0 aliphatic heterocycles. The van der Waals surface area contributed by atoms with Crippen molar-refractivity contribution in [1.29, 1.82) is 0 Å². The summed E-state index contributed by atoms with van der Waals surface area (Å²) < 4.78 is 1.99. The van der Waals surface area contributed by atoms with Crippen LogP contribution in [0, 0.1) is 13.8 Å². The highest BCUT2D eigenvalue weighted by Gasteiger charge is 2.21. The van der Waals surface area contributed by atoms with E-state index in [9.17, 15) is 0 Å². The third kappa shape index (κ3) is 4.04. The van der Waals surface area contributed by atoms with Gasteiger partial charge in [-0.05, 0) is 44.2 Å². The number of aromatic nitrogens is 2. The lowest BCUT2D eigenvalue weighted by Crippen LogP contribution is -2.23. The standard InChI is InChI=1S/C19H19N3S2/c1-14-13-15(2)22(21-14)19(24-17-11-7-4-8-12-17)18(23)20-16-9-5-3-6-10-16/h3-13,19H,1-2H3,(H,20,23). The summed E-state index contributed by atoms with van der Waals surface area (Å²) in [5, 5.41) is 7.88. The fraction of sp³-hybridized carbons (Fsp3) is 0.158. The van der Waals surface area contributed by atoms with Gasteiger partial charge in [-0.1, -0.05) is 60.4 Å². The molecule has 122 valence electrons. The van der Waals surface area contributed by atoms with Crippen LogP contribution in [0.15, 0.2) is 71.6 Å². The number of aryl methyl sites for hydroxylation is 2. The average Bonchev–Trinajstić information content (AvgIpc) is 2.92. The number of anilines is 1. The number of nitrogens with zero attached hydrogens (tertiary/aromatic N) is 2. The molecule has 5 heteroatoms. The number of para-hydroxylation sites is 1. The summed E-state index contributed by atoms with van der Waals surface area (Å²) in [5.74, 6) is 0. The van der Waals surface area contributed by atoms with E-state index in [2.05, 4.69) is 35.5 Å². The van der Waals surface area contributed by atoms with Crippen LogP contribution in [0.4, 0.5) is 5.69 Å². The summed E-state index contributed by atoms with van der Waals surface area (Å²) in [4.78, 5) is 1.90. The molecular weight excluding hydrogens is 334 g/mol. The van der Waals surface area contributed by atoms with Crippen LogP contribution in [0.5, 0.6) is 0 Å². The topological polar surface area (TPSA) is 29.9 Å². The Bertz CT molecular complexity index is 813. The molecule has 1 N–H and O–H groups in total. The second kappa shape index (κ2) is 7.64. The van der Waals surface area contributed by atoms with Crippen LogP contribution in [0.3, 0.4) is 0 Å². The summed E-state index contributed by atoms with van der Waals surface area (Å²) in [6.07, 6.45) is 0. The molecule has 1 unspecified atom stereocenters. The van der Waals surface area contributed by atoms with Crippen molar-refractivity contribution < 1.29 is 0 Å². The molecular formula is C19H19N3S2. The van der Waals surface area contributed by atoms with Crippen LogP contribution in [-0.2, 0) is 0 Å². The molecule has 1 atom stereocenters. The van der Waals surface area contributed by atoms with Crippen LogP contribution >= 0.6 is 24.0 Å². The Labute approximate surface area is 152 Å². The van der Waals surface area contributed by atoms with Crippen LogP contribution in [0.2, 0.25) is 0 Å². The molecule has 3 aromatic rings. The summed E-state index contributed by atoms with van der Waals surface area (Å²) in [6, 6.07) is 22.3. The van der Waals surface area contributed by atoms with E-state index in [1.54, 1.807) is 11.8 Å². The molecule has 0 bridgehead atoms. The Hall–Kier alpha value is -2.11. The van der Waals surface area contributed by atoms with Gasteiger partial charge in [0.05, 0.1) is 5.69 Å². The number of benzene rings is 2. The summed E-state index contributed by atoms with van der Waals surface area (Å²) in [7, 11) is 0. The van der Waals surface area contributed by atoms with Crippen LogP contribution in [-0.4, -0.2) is 14.8 Å². The zero-order chi connectivity index (χ0) is 16.9. The lowest BCUT2D eigenvalue weighted by molar-refractivity contribution is 0.682. The van der Waals surface area contributed by atoms with Crippen molar-refractivity contribution in [2.75, 3.05) is 5.32 Å². The van der Waals surface area contributed by atoms with Crippen LogP contribution in [0.1, 0.15) is 16.8 Å². The maximum atomic E-state index is 5.71. The number of thiocarbonyl (C=S) groups is 1. The zero-order valence-electron chi connectivity index (χ0n) is 13.6. The molecule has 0 aliphatic rings. The highest BCUT2D eigenvalue weighted by Crippen LogP contribution is 2.33.